The predicted octanol–water partition coefficient (Wildman–Crippen LogP) is 1.64. The summed E-state index contributed by atoms with van der Waals surface area (Å²) >= 11 is 1.43. The number of fused-ring (bicyclic) bond motifs is 1. The van der Waals surface area contributed by atoms with E-state index < -0.39 is 0 Å². The summed E-state index contributed by atoms with van der Waals surface area (Å²) in [5, 5.41) is 0.933. The Bertz CT molecular complexity index is 234. The summed E-state index contributed by atoms with van der Waals surface area (Å²) in [6.07, 6.45) is 3.54. The average molecular weight is 177 g/mol. The third-order valence-electron chi connectivity index (χ3n) is 1.74. The van der Waals surface area contributed by atoms with Crippen molar-refractivity contribution in [1.29, 1.82) is 0 Å². The topological polar surface area (TPSA) is 38.9 Å². The normalized spacial score (nSPS) is 14.4. The number of nitrogens with zero attached hydrogens (tertiary/aromatic N) is 1. The van der Waals surface area contributed by atoms with Crippen molar-refractivity contribution in [1.82, 2.24) is 4.37 Å². The number of anilines is 1. The van der Waals surface area contributed by atoms with Crippen molar-refractivity contribution in [3.05, 3.63) is 11.3 Å². The highest BCUT2D eigenvalue weighted by Gasteiger charge is 2.16. The zero-order valence-electron chi connectivity index (χ0n) is 5.46. The molecule has 0 radical (unpaired) electrons. The first-order chi connectivity index (χ1) is 4.38. The molecule has 0 saturated carbocycles. The van der Waals surface area contributed by atoms with E-state index >= 15 is 0 Å². The molecule has 0 spiro atoms. The number of aryl methyl sites for hydroxylation is 1. The minimum Gasteiger partial charge on any atom is -0.389 e. The molecule has 0 saturated heterocycles. The molecule has 4 heteroatoms. The van der Waals surface area contributed by atoms with Crippen LogP contribution in [0.15, 0.2) is 0 Å². The summed E-state index contributed by atoms with van der Waals surface area (Å²) in [5.74, 6) is 0. The van der Waals surface area contributed by atoms with Crippen LogP contribution in [0.25, 0.3) is 0 Å². The van der Waals surface area contributed by atoms with Crippen LogP contribution in [0.4, 0.5) is 5.00 Å². The first-order valence-corrected chi connectivity index (χ1v) is 3.88. The standard InChI is InChI=1S/C6H8N2S.ClH/c7-6-4-2-1-3-5(4)8-9-6;/h1-3,7H2;1H. The third kappa shape index (κ3) is 0.995. The van der Waals surface area contributed by atoms with Crippen molar-refractivity contribution in [3.63, 3.8) is 0 Å². The molecule has 2 nitrogen and oxygen atoms in total. The zero-order chi connectivity index (χ0) is 6.27. The van der Waals surface area contributed by atoms with E-state index in [1.165, 1.54) is 29.2 Å². The van der Waals surface area contributed by atoms with E-state index in [-0.39, 0.29) is 12.4 Å². The smallest absolute Gasteiger partial charge is 0.110 e. The van der Waals surface area contributed by atoms with Gasteiger partial charge in [-0.3, -0.25) is 0 Å². The maximum atomic E-state index is 5.65. The molecule has 0 aliphatic heterocycles. The van der Waals surface area contributed by atoms with Gasteiger partial charge in [0.15, 0.2) is 0 Å². The molecular formula is C6H9ClN2S. The Morgan fingerprint density at radius 3 is 2.90 bits per heavy atom. The van der Waals surface area contributed by atoms with Gasteiger partial charge in [0, 0.05) is 5.56 Å². The number of hydrogen-bond donors (Lipinski definition) is 1. The molecule has 1 aromatic rings. The molecule has 10 heavy (non-hydrogen) atoms. The summed E-state index contributed by atoms with van der Waals surface area (Å²) in [7, 11) is 0. The monoisotopic (exact) mass is 176 g/mol. The van der Waals surface area contributed by atoms with Crippen LogP contribution in [0.2, 0.25) is 0 Å². The van der Waals surface area contributed by atoms with Crippen molar-refractivity contribution in [3.8, 4) is 0 Å². The quantitative estimate of drug-likeness (QED) is 0.653. The molecular weight excluding hydrogens is 168 g/mol. The van der Waals surface area contributed by atoms with E-state index in [1.807, 2.05) is 0 Å². The van der Waals surface area contributed by atoms with Crippen molar-refractivity contribution in [2.75, 3.05) is 5.73 Å². The highest BCUT2D eigenvalue weighted by atomic mass is 35.5. The van der Waals surface area contributed by atoms with Gasteiger partial charge in [0.25, 0.3) is 0 Å². The Balaban J connectivity index is 0.000000500. The fourth-order valence-electron chi connectivity index (χ4n) is 1.25. The Labute approximate surface area is 70.0 Å². The van der Waals surface area contributed by atoms with Gasteiger partial charge in [0.05, 0.1) is 5.69 Å². The van der Waals surface area contributed by atoms with E-state index in [9.17, 15) is 0 Å². The lowest BCUT2D eigenvalue weighted by Crippen LogP contribution is -1.84. The molecule has 1 aromatic heterocycles. The molecule has 0 amide bonds. The van der Waals surface area contributed by atoms with E-state index in [2.05, 4.69) is 4.37 Å². The minimum absolute atomic E-state index is 0. The van der Waals surface area contributed by atoms with Crippen LogP contribution in [0.5, 0.6) is 0 Å². The maximum absolute atomic E-state index is 5.65. The number of nitrogen functional groups attached to an aromatic ring is 1. The fourth-order valence-corrected chi connectivity index (χ4v) is 1.99. The van der Waals surface area contributed by atoms with E-state index in [4.69, 9.17) is 5.73 Å². The molecule has 56 valence electrons. The van der Waals surface area contributed by atoms with Crippen LogP contribution < -0.4 is 5.73 Å². The summed E-state index contributed by atoms with van der Waals surface area (Å²) in [6, 6.07) is 0. The van der Waals surface area contributed by atoms with Gasteiger partial charge in [-0.05, 0) is 30.8 Å². The molecule has 1 aliphatic rings. The number of aromatic nitrogens is 1. The van der Waals surface area contributed by atoms with Crippen LogP contribution in [0, 0.1) is 0 Å². The molecule has 0 aromatic carbocycles. The number of nitrogens with two attached hydrogens (primary N) is 1. The average Bonchev–Trinajstić information content (AvgIpc) is 2.35. The maximum Gasteiger partial charge on any atom is 0.110 e. The van der Waals surface area contributed by atoms with E-state index in [0.29, 0.717) is 0 Å². The Hall–Kier alpha value is -0.280. The van der Waals surface area contributed by atoms with Crippen LogP contribution in [0.3, 0.4) is 0 Å². The van der Waals surface area contributed by atoms with Gasteiger partial charge in [-0.15, -0.1) is 12.4 Å². The molecule has 0 bridgehead atoms. The van der Waals surface area contributed by atoms with Crippen molar-refractivity contribution in [2.45, 2.75) is 19.3 Å². The van der Waals surface area contributed by atoms with Gasteiger partial charge in [0.2, 0.25) is 0 Å². The highest BCUT2D eigenvalue weighted by Crippen LogP contribution is 2.29. The zero-order valence-corrected chi connectivity index (χ0v) is 7.10. The summed E-state index contributed by atoms with van der Waals surface area (Å²) in [4.78, 5) is 0. The van der Waals surface area contributed by atoms with Crippen molar-refractivity contribution < 1.29 is 0 Å². The summed E-state index contributed by atoms with van der Waals surface area (Å²) < 4.78 is 4.21. The van der Waals surface area contributed by atoms with Crippen LogP contribution >= 0.6 is 23.9 Å². The van der Waals surface area contributed by atoms with E-state index in [0.717, 1.165) is 17.8 Å². The molecule has 1 aliphatic carbocycles. The van der Waals surface area contributed by atoms with Crippen LogP contribution in [0.1, 0.15) is 17.7 Å². The van der Waals surface area contributed by atoms with Gasteiger partial charge in [-0.1, -0.05) is 0 Å². The second-order valence-electron chi connectivity index (χ2n) is 2.33. The minimum atomic E-state index is 0. The molecule has 0 fully saturated rings. The fraction of sp³-hybridized carbons (Fsp3) is 0.500. The second kappa shape index (κ2) is 2.76. The Morgan fingerprint density at radius 1 is 1.40 bits per heavy atom. The molecule has 2 N–H and O–H groups in total. The molecule has 0 atom stereocenters. The largest absolute Gasteiger partial charge is 0.389 e. The SMILES string of the molecule is Cl.Nc1snc2c1CCC2. The lowest BCUT2D eigenvalue weighted by atomic mass is 10.3. The third-order valence-corrected chi connectivity index (χ3v) is 2.50. The summed E-state index contributed by atoms with van der Waals surface area (Å²) in [6.45, 7) is 0. The highest BCUT2D eigenvalue weighted by molar-refractivity contribution is 7.10. The lowest BCUT2D eigenvalue weighted by Gasteiger charge is -1.85. The lowest BCUT2D eigenvalue weighted by molar-refractivity contribution is 0.902. The predicted molar refractivity (Wildman–Crippen MR) is 45.8 cm³/mol. The summed E-state index contributed by atoms with van der Waals surface area (Å²) in [5.41, 5.74) is 8.22. The van der Waals surface area contributed by atoms with E-state index in [1.54, 1.807) is 0 Å². The molecule has 1 heterocycles. The van der Waals surface area contributed by atoms with Gasteiger partial charge in [-0.2, -0.15) is 4.37 Å². The first-order valence-electron chi connectivity index (χ1n) is 3.11. The van der Waals surface area contributed by atoms with Gasteiger partial charge in [-0.25, -0.2) is 0 Å². The number of rotatable bonds is 0. The van der Waals surface area contributed by atoms with Gasteiger partial charge < -0.3 is 5.73 Å². The second-order valence-corrected chi connectivity index (χ2v) is 3.13. The van der Waals surface area contributed by atoms with Crippen LogP contribution in [-0.2, 0) is 12.8 Å². The Morgan fingerprint density at radius 2 is 2.20 bits per heavy atom. The van der Waals surface area contributed by atoms with Gasteiger partial charge >= 0.3 is 0 Å². The molecule has 2 rings (SSSR count). The van der Waals surface area contributed by atoms with Crippen molar-refractivity contribution in [2.24, 2.45) is 0 Å². The van der Waals surface area contributed by atoms with Crippen LogP contribution in [-0.4, -0.2) is 4.37 Å². The van der Waals surface area contributed by atoms with Crippen molar-refractivity contribution >= 4 is 28.9 Å². The Kier molecular flexibility index (Phi) is 2.16. The number of halogens is 1. The number of hydrogen-bond acceptors (Lipinski definition) is 3. The van der Waals surface area contributed by atoms with Gasteiger partial charge in [0.1, 0.15) is 5.00 Å². The first kappa shape index (κ1) is 7.82. The molecule has 0 unspecified atom stereocenters.